The highest BCUT2D eigenvalue weighted by Gasteiger charge is 2.71. The molecule has 238 valence electrons. The summed E-state index contributed by atoms with van der Waals surface area (Å²) in [6, 6.07) is 0.0587. The Hall–Kier alpha value is -1.82. The lowest BCUT2D eigenvalue weighted by Gasteiger charge is -2.72. The molecule has 1 aromatic heterocycles. The topological polar surface area (TPSA) is 73.1 Å². The molecule has 3 N–H and O–H groups in total. The first-order valence-electron chi connectivity index (χ1n) is 17.8. The van der Waals surface area contributed by atoms with Crippen LogP contribution in [0.5, 0.6) is 0 Å². The van der Waals surface area contributed by atoms with Gasteiger partial charge in [-0.15, -0.1) is 0 Å². The summed E-state index contributed by atoms with van der Waals surface area (Å²) in [7, 11) is 0. The number of nitrogens with one attached hydrogen (secondary N) is 3. The standard InChI is InChI=1S/C37H59N5O/c1-24(2)26-12-15-37(40-32(43)38-18-21-42-19-8-9-20-42)17-16-35(6)27(30(26)37)10-11-29-34(5)22-25-23-39-41-31(25)33(3,4)28(34)13-14-36(29,35)7/h23,26-30H,1,8-22H2,2-7H3,(H,39,41)(H2,38,40,43)/t26-,27+,28-,29+,30+,34-,35+,36+,37-/m0/s1. The second-order valence-corrected chi connectivity index (χ2v) is 17.4. The largest absolute Gasteiger partial charge is 0.337 e. The van der Waals surface area contributed by atoms with E-state index in [9.17, 15) is 4.79 Å². The molecule has 1 aliphatic heterocycles. The monoisotopic (exact) mass is 589 g/mol. The summed E-state index contributed by atoms with van der Waals surface area (Å²) < 4.78 is 0. The zero-order valence-corrected chi connectivity index (χ0v) is 28.1. The summed E-state index contributed by atoms with van der Waals surface area (Å²) >= 11 is 0. The van der Waals surface area contributed by atoms with E-state index < -0.39 is 0 Å². The second kappa shape index (κ2) is 10.1. The van der Waals surface area contributed by atoms with Crippen LogP contribution < -0.4 is 10.6 Å². The van der Waals surface area contributed by atoms with Crippen molar-refractivity contribution in [3.8, 4) is 0 Å². The van der Waals surface area contributed by atoms with E-state index >= 15 is 0 Å². The smallest absolute Gasteiger partial charge is 0.315 e. The Morgan fingerprint density at radius 1 is 1.00 bits per heavy atom. The lowest BCUT2D eigenvalue weighted by Crippen LogP contribution is -2.69. The number of aromatic amines is 1. The number of carbonyl (C=O) groups is 1. The van der Waals surface area contributed by atoms with Crippen molar-refractivity contribution in [3.63, 3.8) is 0 Å². The number of urea groups is 1. The van der Waals surface area contributed by atoms with Crippen molar-refractivity contribution < 1.29 is 4.79 Å². The van der Waals surface area contributed by atoms with Gasteiger partial charge in [0.1, 0.15) is 0 Å². The van der Waals surface area contributed by atoms with Gasteiger partial charge in [0.25, 0.3) is 0 Å². The first-order chi connectivity index (χ1) is 20.4. The van der Waals surface area contributed by atoms with Crippen molar-refractivity contribution in [2.45, 2.75) is 123 Å². The van der Waals surface area contributed by atoms with E-state index in [1.807, 2.05) is 0 Å². The molecule has 2 heterocycles. The Morgan fingerprint density at radius 2 is 1.77 bits per heavy atom. The van der Waals surface area contributed by atoms with Gasteiger partial charge in [0.2, 0.25) is 0 Å². The number of fused-ring (bicyclic) bond motifs is 8. The van der Waals surface area contributed by atoms with Gasteiger partial charge < -0.3 is 15.5 Å². The third-order valence-electron chi connectivity index (χ3n) is 15.4. The summed E-state index contributed by atoms with van der Waals surface area (Å²) in [5, 5.41) is 14.9. The fourth-order valence-corrected chi connectivity index (χ4v) is 13.4. The number of rotatable bonds is 5. The van der Waals surface area contributed by atoms with Gasteiger partial charge in [0, 0.05) is 29.7 Å². The average Bonchev–Trinajstić information content (AvgIpc) is 3.69. The van der Waals surface area contributed by atoms with Crippen molar-refractivity contribution in [1.29, 1.82) is 0 Å². The highest BCUT2D eigenvalue weighted by atomic mass is 16.2. The van der Waals surface area contributed by atoms with Crippen molar-refractivity contribution in [2.75, 3.05) is 26.2 Å². The average molecular weight is 590 g/mol. The van der Waals surface area contributed by atoms with Crippen LogP contribution in [0.1, 0.15) is 117 Å². The van der Waals surface area contributed by atoms with Gasteiger partial charge in [0.05, 0.1) is 6.20 Å². The van der Waals surface area contributed by atoms with Crippen LogP contribution in [0.2, 0.25) is 0 Å². The Balaban J connectivity index is 1.17. The van der Waals surface area contributed by atoms with Gasteiger partial charge in [0.15, 0.2) is 0 Å². The fraction of sp³-hybridized carbons (Fsp3) is 0.838. The summed E-state index contributed by atoms with van der Waals surface area (Å²) in [6.45, 7) is 23.9. The number of carbonyl (C=O) groups excluding carboxylic acids is 1. The number of amides is 2. The third kappa shape index (κ3) is 4.19. The van der Waals surface area contributed by atoms with Crippen LogP contribution in [0.15, 0.2) is 18.3 Å². The van der Waals surface area contributed by atoms with Crippen LogP contribution in [-0.4, -0.2) is 52.8 Å². The van der Waals surface area contributed by atoms with E-state index in [2.05, 4.69) is 80.0 Å². The Kier molecular flexibility index (Phi) is 7.01. The Bertz CT molecular complexity index is 1260. The molecule has 2 amide bonds. The lowest BCUT2D eigenvalue weighted by molar-refractivity contribution is -0.218. The molecule has 0 bridgehead atoms. The zero-order chi connectivity index (χ0) is 30.4. The minimum atomic E-state index is -0.103. The molecule has 6 heteroatoms. The molecule has 4 saturated carbocycles. The van der Waals surface area contributed by atoms with E-state index in [-0.39, 0.29) is 27.8 Å². The SMILES string of the molecule is C=C(C)[C@@H]1CC[C@]2(NC(=O)NCCN3CCCC3)CC[C@]3(C)[C@H](CC[C@@H]4[C@@]5(C)Cc6cn[nH]c6C(C)(C)[C@@H]5CC[C@]43C)[C@@H]12. The molecular formula is C37H59N5O. The molecule has 0 radical (unpaired) electrons. The molecule has 5 aliphatic carbocycles. The maximum absolute atomic E-state index is 13.5. The van der Waals surface area contributed by atoms with Gasteiger partial charge in [-0.1, -0.05) is 46.8 Å². The van der Waals surface area contributed by atoms with Crippen molar-refractivity contribution in [3.05, 3.63) is 29.6 Å². The minimum Gasteiger partial charge on any atom is -0.337 e. The maximum atomic E-state index is 13.5. The molecule has 6 aliphatic rings. The van der Waals surface area contributed by atoms with Gasteiger partial charge in [-0.2, -0.15) is 5.10 Å². The molecule has 9 atom stereocenters. The zero-order valence-electron chi connectivity index (χ0n) is 28.1. The van der Waals surface area contributed by atoms with Crippen molar-refractivity contribution >= 4 is 6.03 Å². The van der Waals surface area contributed by atoms with Crippen LogP contribution in [0.25, 0.3) is 0 Å². The third-order valence-corrected chi connectivity index (χ3v) is 15.4. The highest BCUT2D eigenvalue weighted by molar-refractivity contribution is 5.75. The summed E-state index contributed by atoms with van der Waals surface area (Å²) in [5.74, 6) is 3.00. The number of allylic oxidation sites excluding steroid dienone is 1. The van der Waals surface area contributed by atoms with E-state index in [1.165, 1.54) is 74.9 Å². The molecule has 0 aromatic carbocycles. The predicted molar refractivity (Wildman–Crippen MR) is 174 cm³/mol. The number of hydrogen-bond acceptors (Lipinski definition) is 3. The van der Waals surface area contributed by atoms with Crippen LogP contribution >= 0.6 is 0 Å². The van der Waals surface area contributed by atoms with E-state index in [1.54, 1.807) is 0 Å². The van der Waals surface area contributed by atoms with E-state index in [4.69, 9.17) is 0 Å². The lowest BCUT2D eigenvalue weighted by atomic mass is 9.33. The van der Waals surface area contributed by atoms with Crippen LogP contribution in [-0.2, 0) is 11.8 Å². The normalized spacial score (nSPS) is 44.8. The first kappa shape index (κ1) is 29.9. The molecule has 6 nitrogen and oxygen atoms in total. The highest BCUT2D eigenvalue weighted by Crippen LogP contribution is 2.76. The Morgan fingerprint density at radius 3 is 2.51 bits per heavy atom. The van der Waals surface area contributed by atoms with Crippen LogP contribution in [0.4, 0.5) is 4.79 Å². The molecule has 7 rings (SSSR count). The predicted octanol–water partition coefficient (Wildman–Crippen LogP) is 7.23. The number of H-pyrrole nitrogens is 1. The molecule has 5 fully saturated rings. The van der Waals surface area contributed by atoms with Gasteiger partial charge in [-0.05, 0) is 142 Å². The molecular weight excluding hydrogens is 530 g/mol. The minimum absolute atomic E-state index is 0.0587. The quantitative estimate of drug-likeness (QED) is 0.317. The first-order valence-corrected chi connectivity index (χ1v) is 17.8. The van der Waals surface area contributed by atoms with Gasteiger partial charge >= 0.3 is 6.03 Å². The summed E-state index contributed by atoms with van der Waals surface area (Å²) in [5.41, 5.74) is 5.05. The number of hydrogen-bond donors (Lipinski definition) is 3. The van der Waals surface area contributed by atoms with E-state index in [0.29, 0.717) is 35.0 Å². The molecule has 1 aromatic rings. The molecule has 1 saturated heterocycles. The fourth-order valence-electron chi connectivity index (χ4n) is 13.4. The molecule has 0 spiro atoms. The summed E-state index contributed by atoms with van der Waals surface area (Å²) in [6.07, 6.45) is 15.7. The van der Waals surface area contributed by atoms with Crippen molar-refractivity contribution in [2.24, 2.45) is 45.8 Å². The van der Waals surface area contributed by atoms with Gasteiger partial charge in [-0.3, -0.25) is 5.10 Å². The molecule has 0 unspecified atom stereocenters. The van der Waals surface area contributed by atoms with E-state index in [0.717, 1.165) is 38.8 Å². The second-order valence-electron chi connectivity index (χ2n) is 17.4. The van der Waals surface area contributed by atoms with Crippen LogP contribution in [0, 0.1) is 45.8 Å². The van der Waals surface area contributed by atoms with Crippen LogP contribution in [0.3, 0.4) is 0 Å². The number of nitrogens with zero attached hydrogens (tertiary/aromatic N) is 2. The van der Waals surface area contributed by atoms with Gasteiger partial charge in [-0.25, -0.2) is 4.79 Å². The molecule has 43 heavy (non-hydrogen) atoms. The Labute approximate surface area is 261 Å². The van der Waals surface area contributed by atoms with Crippen molar-refractivity contribution in [1.82, 2.24) is 25.7 Å². The number of aromatic nitrogens is 2. The maximum Gasteiger partial charge on any atom is 0.315 e. The summed E-state index contributed by atoms with van der Waals surface area (Å²) in [4.78, 5) is 16.0. The number of likely N-dealkylation sites (tertiary alicyclic amines) is 1.